The van der Waals surface area contributed by atoms with Gasteiger partial charge in [-0.2, -0.15) is 0 Å². The van der Waals surface area contributed by atoms with Crippen molar-refractivity contribution in [2.75, 3.05) is 32.9 Å². The molecule has 43 heteroatoms. The highest BCUT2D eigenvalue weighted by atomic mass is 16.4. The second-order valence-electron chi connectivity index (χ2n) is 23.2. The van der Waals surface area contributed by atoms with E-state index in [1.807, 2.05) is 16.0 Å². The first-order valence-corrected chi connectivity index (χ1v) is 31.0. The smallest absolute Gasteiger partial charge is 0.326 e. The molecule has 560 valence electrons. The van der Waals surface area contributed by atoms with Gasteiger partial charge in [0.25, 0.3) is 0 Å². The molecule has 0 spiro atoms. The van der Waals surface area contributed by atoms with Gasteiger partial charge in [-0.25, -0.2) is 9.78 Å². The van der Waals surface area contributed by atoms with Crippen LogP contribution in [-0.2, 0) is 94.3 Å². The molecular weight excluding hydrogens is 1350 g/mol. The van der Waals surface area contributed by atoms with Gasteiger partial charge < -0.3 is 133 Å². The zero-order chi connectivity index (χ0) is 76.4. The second kappa shape index (κ2) is 43.4. The molecule has 0 fully saturated rings. The zero-order valence-electron chi connectivity index (χ0n) is 54.9. The van der Waals surface area contributed by atoms with E-state index in [4.69, 9.17) is 22.9 Å². The van der Waals surface area contributed by atoms with Crippen LogP contribution < -0.4 is 86.7 Å². The number of aliphatic hydroxyl groups is 4. The number of primary amides is 2. The molecular formula is C58H88N18O25. The number of hydrogen-bond donors (Lipinski definition) is 25. The van der Waals surface area contributed by atoms with Gasteiger partial charge in [0.05, 0.1) is 70.5 Å². The first-order chi connectivity index (χ1) is 47.4. The predicted octanol–water partition coefficient (Wildman–Crippen LogP) is -12.0. The number of aromatic nitrogens is 2. The highest BCUT2D eigenvalue weighted by Crippen LogP contribution is 2.14. The Morgan fingerprint density at radius 2 is 0.901 bits per heavy atom. The monoisotopic (exact) mass is 1440 g/mol. The molecule has 13 atom stereocenters. The molecule has 0 saturated carbocycles. The van der Waals surface area contributed by atoms with Gasteiger partial charge in [-0.15, -0.1) is 0 Å². The number of nitrogens with two attached hydrogens (primary N) is 4. The van der Waals surface area contributed by atoms with Crippen LogP contribution in [0.15, 0.2) is 36.8 Å². The number of aliphatic hydroxyl groups excluding tert-OH is 4. The molecule has 0 bridgehead atoms. The van der Waals surface area contributed by atoms with Crippen LogP contribution in [0, 0.1) is 5.92 Å². The third-order valence-electron chi connectivity index (χ3n) is 14.3. The number of amides is 14. The van der Waals surface area contributed by atoms with E-state index in [1.54, 1.807) is 13.8 Å². The lowest BCUT2D eigenvalue weighted by Gasteiger charge is -2.27. The van der Waals surface area contributed by atoms with E-state index < -0.39 is 244 Å². The number of aromatic hydroxyl groups is 1. The number of carboxylic acid groups (broad SMARTS) is 3. The molecule has 2 aromatic rings. The van der Waals surface area contributed by atoms with Crippen molar-refractivity contribution in [2.24, 2.45) is 28.9 Å². The van der Waals surface area contributed by atoms with E-state index in [9.17, 15) is 122 Å². The quantitative estimate of drug-likeness (QED) is 0.0274. The SMILES string of the molecule is CC(C)C[C@H](NC(=O)[C@H](CC(=O)O)NC(=O)[C@H](CC(=O)O)NC(=O)[C@H](CC(N)=O)NC(=O)[C@H](CO)NC(=O)[C@H](Cc1ccc(O)cc1)NC(=O)[C@@H](NC(=O)CNC(=O)[C@H](CO)NC(=O)[C@H](CCCCN)NC(=O)[C@@H](N)CC(N)=O)[C@@H](C)O)C(=O)N[C@@H](CO)C(=O)N[C@@H](Cc1cnc[nH]1)C(=O)O. The van der Waals surface area contributed by atoms with Crippen LogP contribution >= 0.6 is 0 Å². The fraction of sp³-hybridized carbons (Fsp3) is 0.552. The van der Waals surface area contributed by atoms with Gasteiger partial charge >= 0.3 is 17.9 Å². The summed E-state index contributed by atoms with van der Waals surface area (Å²) in [5, 5.41) is 106. The van der Waals surface area contributed by atoms with Crippen LogP contribution in [0.1, 0.15) is 83.4 Å². The molecule has 14 amide bonds. The molecule has 0 unspecified atom stereocenters. The molecule has 2 rings (SSSR count). The van der Waals surface area contributed by atoms with E-state index >= 15 is 0 Å². The summed E-state index contributed by atoms with van der Waals surface area (Å²) in [5.41, 5.74) is 22.2. The summed E-state index contributed by atoms with van der Waals surface area (Å²) in [5.74, 6) is -23.6. The summed E-state index contributed by atoms with van der Waals surface area (Å²) in [4.78, 5) is 228. The topological polar surface area (TPSA) is 729 Å². The molecule has 0 aliphatic heterocycles. The van der Waals surface area contributed by atoms with Gasteiger partial charge in [0.15, 0.2) is 0 Å². The third-order valence-corrected chi connectivity index (χ3v) is 14.3. The van der Waals surface area contributed by atoms with E-state index in [1.165, 1.54) is 36.8 Å². The summed E-state index contributed by atoms with van der Waals surface area (Å²) in [6.45, 7) is -0.170. The Kier molecular flexibility index (Phi) is 37.0. The lowest BCUT2D eigenvalue weighted by atomic mass is 10.0. The number of imidazole rings is 1. The Morgan fingerprint density at radius 1 is 0.485 bits per heavy atom. The molecule has 0 aliphatic carbocycles. The van der Waals surface area contributed by atoms with Crippen molar-refractivity contribution in [2.45, 2.75) is 164 Å². The minimum absolute atomic E-state index is 0.0481. The van der Waals surface area contributed by atoms with Crippen LogP contribution in [0.3, 0.4) is 0 Å². The molecule has 1 aromatic heterocycles. The molecule has 0 saturated heterocycles. The fourth-order valence-electron chi connectivity index (χ4n) is 9.07. The number of carbonyl (C=O) groups excluding carboxylic acids is 14. The molecule has 43 nitrogen and oxygen atoms in total. The van der Waals surface area contributed by atoms with Crippen molar-refractivity contribution in [3.8, 4) is 5.75 Å². The van der Waals surface area contributed by atoms with Gasteiger partial charge in [-0.3, -0.25) is 76.7 Å². The van der Waals surface area contributed by atoms with Crippen LogP contribution in [0.25, 0.3) is 0 Å². The van der Waals surface area contributed by atoms with Crippen LogP contribution in [0.2, 0.25) is 0 Å². The average molecular weight is 1440 g/mol. The zero-order valence-corrected chi connectivity index (χ0v) is 54.9. The Labute approximate surface area is 574 Å². The molecule has 101 heavy (non-hydrogen) atoms. The van der Waals surface area contributed by atoms with Gasteiger partial charge in [0, 0.05) is 24.7 Å². The minimum atomic E-state index is -2.31. The molecule has 1 aromatic carbocycles. The van der Waals surface area contributed by atoms with Crippen molar-refractivity contribution in [3.63, 3.8) is 0 Å². The largest absolute Gasteiger partial charge is 0.508 e. The third kappa shape index (κ3) is 31.6. The van der Waals surface area contributed by atoms with Crippen molar-refractivity contribution in [3.05, 3.63) is 48.0 Å². The molecule has 0 radical (unpaired) electrons. The van der Waals surface area contributed by atoms with Crippen molar-refractivity contribution in [1.29, 1.82) is 0 Å². The molecule has 0 aliphatic rings. The second-order valence-corrected chi connectivity index (χ2v) is 23.2. The van der Waals surface area contributed by atoms with Gasteiger partial charge in [0.2, 0.25) is 82.7 Å². The number of rotatable bonds is 47. The number of aliphatic carboxylic acids is 3. The van der Waals surface area contributed by atoms with Crippen molar-refractivity contribution >= 4 is 101 Å². The highest BCUT2D eigenvalue weighted by Gasteiger charge is 2.38. The standard InChI is InChI=1S/C58H88N18O25/c1-25(2)12-32(50(92)74-40(23-79)56(98)72-37(58(100)101)14-28-19-63-24-65-28)67-53(95)35(17-44(85)86)70-54(96)36(18-45(87)88)69-52(94)34(16-42(62)83)68-55(97)39(22-78)75-51(93)33(13-27-7-9-29(81)10-8-27)71-57(99)46(26(3)80)76-43(84)20-64-48(90)38(21-77)73-49(91)31(6-4-5-11-59)66-47(89)30(60)15-41(61)82/h7-10,19,24-26,30-40,46,77-81H,4-6,11-18,20-23,59-60H2,1-3H3,(H2,61,82)(H2,62,83)(H,63,65)(H,64,90)(H,66,89)(H,67,95)(H,68,97)(H,69,94)(H,70,96)(H,71,99)(H,72,98)(H,73,91)(H,74,92)(H,75,93)(H,76,84)(H,85,86)(H,87,88)(H,100,101)/t26-,30+,31+,32+,33+,34+,35+,36+,37+,38+,39+,40+,46+/m1/s1. The Hall–Kier alpha value is -11.0. The van der Waals surface area contributed by atoms with E-state index in [-0.39, 0.29) is 49.2 Å². The Morgan fingerprint density at radius 3 is 1.34 bits per heavy atom. The number of aromatic amines is 1. The molecule has 29 N–H and O–H groups in total. The number of nitrogens with one attached hydrogen (secondary N) is 13. The predicted molar refractivity (Wildman–Crippen MR) is 341 cm³/mol. The number of hydrogen-bond acceptors (Lipinski definition) is 25. The Balaban J connectivity index is 2.35. The lowest BCUT2D eigenvalue weighted by molar-refractivity contribution is -0.144. The maximum absolute atomic E-state index is 14.1. The lowest BCUT2D eigenvalue weighted by Crippen LogP contribution is -2.62. The number of phenols is 1. The molecule has 1 heterocycles. The summed E-state index contributed by atoms with van der Waals surface area (Å²) in [7, 11) is 0. The van der Waals surface area contributed by atoms with Gasteiger partial charge in [-0.1, -0.05) is 26.0 Å². The average Bonchev–Trinajstić information content (AvgIpc) is 1.16. The first-order valence-electron chi connectivity index (χ1n) is 31.0. The van der Waals surface area contributed by atoms with Crippen LogP contribution in [-0.4, -0.2) is 263 Å². The number of nitrogens with zero attached hydrogens (tertiary/aromatic N) is 1. The summed E-state index contributed by atoms with van der Waals surface area (Å²) in [6.07, 6.45) is -4.16. The number of H-pyrrole nitrogens is 1. The van der Waals surface area contributed by atoms with Crippen LogP contribution in [0.4, 0.5) is 0 Å². The van der Waals surface area contributed by atoms with Gasteiger partial charge in [-0.05, 0) is 62.8 Å². The van der Waals surface area contributed by atoms with E-state index in [2.05, 4.69) is 57.8 Å². The number of phenolic OH excluding ortho intramolecular Hbond substituents is 1. The van der Waals surface area contributed by atoms with Crippen molar-refractivity contribution in [1.82, 2.24) is 73.8 Å². The number of benzene rings is 1. The maximum atomic E-state index is 14.1. The maximum Gasteiger partial charge on any atom is 0.326 e. The number of carboxylic acids is 3. The summed E-state index contributed by atoms with van der Waals surface area (Å²) in [6, 6.07) is -17.5. The Bertz CT molecular complexity index is 3230. The normalized spacial score (nSPS) is 14.9. The number of unbranched alkanes of at least 4 members (excludes halogenated alkanes) is 1. The van der Waals surface area contributed by atoms with Crippen molar-refractivity contribution < 1.29 is 122 Å². The van der Waals surface area contributed by atoms with Crippen LogP contribution in [0.5, 0.6) is 5.75 Å². The van der Waals surface area contributed by atoms with Gasteiger partial charge in [0.1, 0.15) is 72.2 Å². The van der Waals surface area contributed by atoms with E-state index in [0.717, 1.165) is 6.92 Å². The highest BCUT2D eigenvalue weighted by molar-refractivity contribution is 6.01. The number of carbonyl (C=O) groups is 17. The van der Waals surface area contributed by atoms with E-state index in [0.29, 0.717) is 6.42 Å². The minimum Gasteiger partial charge on any atom is -0.508 e. The summed E-state index contributed by atoms with van der Waals surface area (Å²) < 4.78 is 0. The summed E-state index contributed by atoms with van der Waals surface area (Å²) >= 11 is 0. The first kappa shape index (κ1) is 86.1. The fourth-order valence-corrected chi connectivity index (χ4v) is 9.07.